The van der Waals surface area contributed by atoms with E-state index >= 15 is 0 Å². The normalized spacial score (nSPS) is 26.5. The van der Waals surface area contributed by atoms with Gasteiger partial charge in [-0.25, -0.2) is 4.79 Å². The minimum absolute atomic E-state index is 0.0127. The fourth-order valence-electron chi connectivity index (χ4n) is 3.41. The van der Waals surface area contributed by atoms with Crippen molar-refractivity contribution in [3.05, 3.63) is 12.2 Å². The van der Waals surface area contributed by atoms with Crippen molar-refractivity contribution in [2.75, 3.05) is 13.6 Å². The molecule has 2 N–H and O–H groups in total. The fraction of sp³-hybridized carbons (Fsp3) is 0.722. The number of carbonyl (C=O) groups is 3. The van der Waals surface area contributed by atoms with Crippen LogP contribution < -0.4 is 5.32 Å². The van der Waals surface area contributed by atoms with E-state index < -0.39 is 11.5 Å². The van der Waals surface area contributed by atoms with Gasteiger partial charge in [-0.2, -0.15) is 0 Å². The summed E-state index contributed by atoms with van der Waals surface area (Å²) in [6.45, 7) is 0.733. The van der Waals surface area contributed by atoms with E-state index in [4.69, 9.17) is 0 Å². The van der Waals surface area contributed by atoms with Crippen LogP contribution in [0.25, 0.3) is 0 Å². The molecule has 0 aromatic heterocycles. The second kappa shape index (κ2) is 8.31. The molecule has 0 saturated heterocycles. The molecule has 0 spiro atoms. The molecule has 2 fully saturated rings. The van der Waals surface area contributed by atoms with E-state index in [2.05, 4.69) is 5.32 Å². The molecule has 0 aromatic rings. The zero-order valence-corrected chi connectivity index (χ0v) is 14.4. The molecule has 0 aliphatic heterocycles. The summed E-state index contributed by atoms with van der Waals surface area (Å²) in [5.74, 6) is -1.15. The Morgan fingerprint density at radius 1 is 1.29 bits per heavy atom. The smallest absolute Gasteiger partial charge is 0.330 e. The van der Waals surface area contributed by atoms with Crippen LogP contribution in [0.2, 0.25) is 0 Å². The zero-order chi connectivity index (χ0) is 17.6. The summed E-state index contributed by atoms with van der Waals surface area (Å²) in [5.41, 5.74) is -1.09. The number of unbranched alkanes of at least 4 members (excludes halogenated alkanes) is 2. The van der Waals surface area contributed by atoms with Crippen molar-refractivity contribution in [3.63, 3.8) is 0 Å². The van der Waals surface area contributed by atoms with Crippen LogP contribution in [0.5, 0.6) is 0 Å². The van der Waals surface area contributed by atoms with Crippen LogP contribution in [0.1, 0.15) is 51.4 Å². The number of carboxylic acid groups (broad SMARTS) is 1. The number of carboxylic acids is 1. The van der Waals surface area contributed by atoms with Gasteiger partial charge in [-0.05, 0) is 38.5 Å². The molecule has 2 rings (SSSR count). The lowest BCUT2D eigenvalue weighted by Gasteiger charge is -2.17. The summed E-state index contributed by atoms with van der Waals surface area (Å²) in [5, 5.41) is 12.3. The number of allylic oxidation sites excluding steroid dienone is 1. The van der Waals surface area contributed by atoms with Gasteiger partial charge in [0.05, 0.1) is 0 Å². The molecule has 2 saturated carbocycles. The topological polar surface area (TPSA) is 86.7 Å². The Hall–Kier alpha value is -1.85. The third-order valence-corrected chi connectivity index (χ3v) is 5.15. The van der Waals surface area contributed by atoms with Crippen molar-refractivity contribution >= 4 is 18.3 Å². The molecule has 1 unspecified atom stereocenters. The predicted molar refractivity (Wildman–Crippen MR) is 90.3 cm³/mol. The van der Waals surface area contributed by atoms with Gasteiger partial charge in [0.1, 0.15) is 5.54 Å². The molecule has 0 aromatic carbocycles. The minimum atomic E-state index is -1.09. The van der Waals surface area contributed by atoms with Gasteiger partial charge in [-0.3, -0.25) is 9.59 Å². The molecular weight excluding hydrogens is 308 g/mol. The van der Waals surface area contributed by atoms with Crippen molar-refractivity contribution in [1.29, 1.82) is 0 Å². The average molecular weight is 336 g/mol. The molecule has 6 heteroatoms. The Labute approximate surface area is 143 Å². The maximum absolute atomic E-state index is 12.2. The standard InChI is InChI=1S/C18H28N2O4/c1-20(13-21)11-7-3-2-4-10-15-12-18(15,17(23)24)19-16(22)14-8-5-6-9-14/h4,10,13-15H,2-3,5-9,11-12H2,1H3,(H,19,22)(H,23,24)/b10-4-/t15-,18?/m1/s1. The Bertz CT molecular complexity index is 499. The third kappa shape index (κ3) is 4.58. The highest BCUT2D eigenvalue weighted by Crippen LogP contribution is 2.45. The summed E-state index contributed by atoms with van der Waals surface area (Å²) in [6, 6.07) is 0. The first-order valence-electron chi connectivity index (χ1n) is 8.87. The van der Waals surface area contributed by atoms with Gasteiger partial charge in [0.25, 0.3) is 0 Å². The number of amides is 2. The van der Waals surface area contributed by atoms with E-state index in [1.807, 2.05) is 12.2 Å². The van der Waals surface area contributed by atoms with Gasteiger partial charge < -0.3 is 15.3 Å². The molecule has 0 bridgehead atoms. The van der Waals surface area contributed by atoms with Crippen molar-refractivity contribution in [3.8, 4) is 0 Å². The van der Waals surface area contributed by atoms with Crippen LogP contribution >= 0.6 is 0 Å². The molecule has 24 heavy (non-hydrogen) atoms. The first-order valence-corrected chi connectivity index (χ1v) is 8.87. The van der Waals surface area contributed by atoms with Gasteiger partial charge in [-0.1, -0.05) is 25.0 Å². The number of hydrogen-bond acceptors (Lipinski definition) is 3. The van der Waals surface area contributed by atoms with E-state index in [0.717, 1.165) is 57.9 Å². The molecule has 2 aliphatic carbocycles. The van der Waals surface area contributed by atoms with Crippen LogP contribution in [-0.4, -0.2) is 47.4 Å². The van der Waals surface area contributed by atoms with Crippen LogP contribution in [0.4, 0.5) is 0 Å². The van der Waals surface area contributed by atoms with Crippen molar-refractivity contribution < 1.29 is 19.5 Å². The number of rotatable bonds is 10. The molecule has 2 aliphatic rings. The number of carbonyl (C=O) groups excluding carboxylic acids is 2. The van der Waals surface area contributed by atoms with Crippen LogP contribution in [0.15, 0.2) is 12.2 Å². The number of aliphatic carboxylic acids is 1. The highest BCUT2D eigenvalue weighted by Gasteiger charge is 2.60. The Kier molecular flexibility index (Phi) is 6.40. The van der Waals surface area contributed by atoms with Crippen LogP contribution in [0.3, 0.4) is 0 Å². The lowest BCUT2D eigenvalue weighted by Crippen LogP contribution is -2.46. The highest BCUT2D eigenvalue weighted by atomic mass is 16.4. The van der Waals surface area contributed by atoms with Crippen LogP contribution in [-0.2, 0) is 14.4 Å². The first kappa shape index (κ1) is 18.5. The number of nitrogens with one attached hydrogen (secondary N) is 1. The maximum atomic E-state index is 12.2. The van der Waals surface area contributed by atoms with E-state index in [-0.39, 0.29) is 17.7 Å². The lowest BCUT2D eigenvalue weighted by atomic mass is 10.1. The molecule has 0 heterocycles. The molecule has 0 radical (unpaired) electrons. The lowest BCUT2D eigenvalue weighted by molar-refractivity contribution is -0.144. The maximum Gasteiger partial charge on any atom is 0.330 e. The first-order chi connectivity index (χ1) is 11.5. The summed E-state index contributed by atoms with van der Waals surface area (Å²) in [4.78, 5) is 35.9. The summed E-state index contributed by atoms with van der Waals surface area (Å²) >= 11 is 0. The summed E-state index contributed by atoms with van der Waals surface area (Å²) < 4.78 is 0. The van der Waals surface area contributed by atoms with Crippen molar-refractivity contribution in [2.24, 2.45) is 11.8 Å². The zero-order valence-electron chi connectivity index (χ0n) is 14.4. The van der Waals surface area contributed by atoms with Gasteiger partial charge >= 0.3 is 5.97 Å². The quantitative estimate of drug-likeness (QED) is 0.363. The third-order valence-electron chi connectivity index (χ3n) is 5.15. The van der Waals surface area contributed by atoms with Crippen molar-refractivity contribution in [1.82, 2.24) is 10.2 Å². The molecular formula is C18H28N2O4. The largest absolute Gasteiger partial charge is 0.479 e. The Balaban J connectivity index is 1.75. The monoisotopic (exact) mass is 336 g/mol. The van der Waals surface area contributed by atoms with Crippen molar-refractivity contribution in [2.45, 2.75) is 56.9 Å². The van der Waals surface area contributed by atoms with Gasteiger partial charge in [0.2, 0.25) is 12.3 Å². The highest BCUT2D eigenvalue weighted by molar-refractivity contribution is 5.91. The average Bonchev–Trinajstić information content (AvgIpc) is 2.99. The van der Waals surface area contributed by atoms with Crippen LogP contribution in [0, 0.1) is 11.8 Å². The van der Waals surface area contributed by atoms with E-state index in [1.165, 1.54) is 0 Å². The second-order valence-corrected chi connectivity index (χ2v) is 7.07. The Morgan fingerprint density at radius 3 is 2.62 bits per heavy atom. The molecule has 134 valence electrons. The van der Waals surface area contributed by atoms with Gasteiger partial charge in [0, 0.05) is 25.4 Å². The molecule has 6 nitrogen and oxygen atoms in total. The minimum Gasteiger partial charge on any atom is -0.479 e. The predicted octanol–water partition coefficient (Wildman–Crippen LogP) is 1.95. The number of hydrogen-bond donors (Lipinski definition) is 2. The summed E-state index contributed by atoms with van der Waals surface area (Å²) in [7, 11) is 1.75. The van der Waals surface area contributed by atoms with E-state index in [0.29, 0.717) is 6.42 Å². The Morgan fingerprint density at radius 2 is 2.00 bits per heavy atom. The fourth-order valence-corrected chi connectivity index (χ4v) is 3.41. The summed E-state index contributed by atoms with van der Waals surface area (Å²) in [6.07, 6.45) is 11.8. The van der Waals surface area contributed by atoms with E-state index in [9.17, 15) is 19.5 Å². The number of nitrogens with zero attached hydrogens (tertiary/aromatic N) is 1. The molecule has 2 amide bonds. The second-order valence-electron chi connectivity index (χ2n) is 7.07. The van der Waals surface area contributed by atoms with Gasteiger partial charge in [-0.15, -0.1) is 0 Å². The molecule has 2 atom stereocenters. The SMILES string of the molecule is CN(C=O)CCCC/C=C\[C@@H]1CC1(NC(=O)C1CCCC1)C(=O)O. The van der Waals surface area contributed by atoms with E-state index in [1.54, 1.807) is 11.9 Å². The van der Waals surface area contributed by atoms with Gasteiger partial charge in [0.15, 0.2) is 0 Å².